The smallest absolute Gasteiger partial charge is 0.245 e. The zero-order valence-corrected chi connectivity index (χ0v) is 28.8. The Morgan fingerprint density at radius 2 is 1.52 bits per heavy atom. The molecule has 0 saturated carbocycles. The fourth-order valence-corrected chi connectivity index (χ4v) is 7.32. The lowest BCUT2D eigenvalue weighted by Crippen LogP contribution is -2.61. The molecule has 2 saturated heterocycles. The minimum atomic E-state index is -0.802. The van der Waals surface area contributed by atoms with Crippen molar-refractivity contribution in [2.75, 3.05) is 32.7 Å². The van der Waals surface area contributed by atoms with Gasteiger partial charge < -0.3 is 26.2 Å². The zero-order valence-electron chi connectivity index (χ0n) is 28.8. The largest absolute Gasteiger partial charge is 0.356 e. The van der Waals surface area contributed by atoms with E-state index >= 15 is 0 Å². The van der Waals surface area contributed by atoms with Gasteiger partial charge in [0.05, 0.1) is 17.9 Å². The molecule has 2 fully saturated rings. The van der Waals surface area contributed by atoms with E-state index in [0.29, 0.717) is 71.1 Å². The van der Waals surface area contributed by atoms with Crippen molar-refractivity contribution in [3.8, 4) is 0 Å². The number of carbonyl (C=O) groups is 4. The molecule has 5 N–H and O–H groups in total. The maximum atomic E-state index is 14.6. The molecule has 5 rings (SSSR count). The predicted molar refractivity (Wildman–Crippen MR) is 188 cm³/mol. The van der Waals surface area contributed by atoms with E-state index in [1.165, 1.54) is 0 Å². The fourth-order valence-electron chi connectivity index (χ4n) is 7.32. The van der Waals surface area contributed by atoms with Gasteiger partial charge in [-0.3, -0.25) is 19.2 Å². The highest BCUT2D eigenvalue weighted by atomic mass is 16.2. The zero-order chi connectivity index (χ0) is 34.3. The van der Waals surface area contributed by atoms with E-state index in [-0.39, 0.29) is 36.2 Å². The first-order valence-corrected chi connectivity index (χ1v) is 17.5. The van der Waals surface area contributed by atoms with Gasteiger partial charge in [-0.05, 0) is 67.9 Å². The summed E-state index contributed by atoms with van der Waals surface area (Å²) in [7, 11) is 0. The number of rotatable bonds is 11. The summed E-state index contributed by atoms with van der Waals surface area (Å²) in [5.74, 6) is -0.307. The Balaban J connectivity index is 1.39. The van der Waals surface area contributed by atoms with Gasteiger partial charge in [-0.2, -0.15) is 0 Å². The molecule has 3 aromatic rings. The summed E-state index contributed by atoms with van der Waals surface area (Å²) in [6.07, 6.45) is 3.68. The van der Waals surface area contributed by atoms with E-state index in [9.17, 15) is 19.2 Å². The molecule has 1 unspecified atom stereocenters. The van der Waals surface area contributed by atoms with Gasteiger partial charge in [0.25, 0.3) is 0 Å². The first-order chi connectivity index (χ1) is 23.0. The van der Waals surface area contributed by atoms with Crippen molar-refractivity contribution in [1.82, 2.24) is 20.4 Å². The van der Waals surface area contributed by atoms with Gasteiger partial charge in [0.1, 0.15) is 6.04 Å². The maximum absolute atomic E-state index is 14.6. The van der Waals surface area contributed by atoms with Crippen LogP contribution in [0.2, 0.25) is 0 Å². The Hall–Kier alpha value is -4.24. The predicted octanol–water partition coefficient (Wildman–Crippen LogP) is 3.50. The lowest BCUT2D eigenvalue weighted by molar-refractivity contribution is -0.412. The molecule has 2 aliphatic heterocycles. The highest BCUT2D eigenvalue weighted by molar-refractivity contribution is 5.92. The third kappa shape index (κ3) is 8.24. The van der Waals surface area contributed by atoms with Crippen LogP contribution in [-0.2, 0) is 32.0 Å². The molecule has 3 atom stereocenters. The molecule has 3 aromatic carbocycles. The van der Waals surface area contributed by atoms with Crippen molar-refractivity contribution < 1.29 is 24.9 Å². The molecular formula is C39H52N5O4+. The summed E-state index contributed by atoms with van der Waals surface area (Å²) >= 11 is 0. The average molecular weight is 655 g/mol. The monoisotopic (exact) mass is 654 g/mol. The van der Waals surface area contributed by atoms with Gasteiger partial charge in [-0.15, -0.1) is 0 Å². The van der Waals surface area contributed by atoms with Crippen LogP contribution in [0, 0.1) is 10.8 Å². The van der Waals surface area contributed by atoms with Crippen molar-refractivity contribution >= 4 is 34.4 Å². The lowest BCUT2D eigenvalue weighted by atomic mass is 9.74. The van der Waals surface area contributed by atoms with E-state index in [1.54, 1.807) is 4.90 Å². The minimum absolute atomic E-state index is 0.0326. The molecule has 2 aliphatic rings. The topological polar surface area (TPSA) is 126 Å². The third-order valence-corrected chi connectivity index (χ3v) is 10.2. The Kier molecular flexibility index (Phi) is 11.2. The standard InChI is InChI=1S/C39H51N5O4/c1-4-41-37(48)39(26-29-11-6-5-7-12-29)17-10-20-44(27-39)35(46)33(25-30-15-16-31-13-8-9-14-32(31)24-30)42-36(47)38(3)18-21-43(22-19-38)34(45)23-28(2)40/h5-9,11-16,24,28,33H,4,10,17-23,25-27,40H2,1-3H3,(H,41,48)(H,42,47)/p+1/t28?,33-,39+/m1/s1. The number of piperidine rings is 2. The quantitative estimate of drug-likeness (QED) is 0.293. The van der Waals surface area contributed by atoms with Crippen molar-refractivity contribution in [2.24, 2.45) is 10.8 Å². The summed E-state index contributed by atoms with van der Waals surface area (Å²) in [5, 5.41) is 8.41. The van der Waals surface area contributed by atoms with Crippen molar-refractivity contribution in [2.45, 2.75) is 77.8 Å². The number of hydrogen-bond donors (Lipinski definition) is 3. The van der Waals surface area contributed by atoms with E-state index in [0.717, 1.165) is 21.9 Å². The van der Waals surface area contributed by atoms with E-state index in [4.69, 9.17) is 0 Å². The number of benzene rings is 3. The molecule has 9 nitrogen and oxygen atoms in total. The fraction of sp³-hybridized carbons (Fsp3) is 0.487. The first kappa shape index (κ1) is 35.1. The number of fused-ring (bicyclic) bond motifs is 1. The number of nitrogens with one attached hydrogen (secondary N) is 2. The van der Waals surface area contributed by atoms with Gasteiger partial charge in [0, 0.05) is 44.6 Å². The molecule has 9 heteroatoms. The molecular weight excluding hydrogens is 602 g/mol. The molecule has 0 aliphatic carbocycles. The highest BCUT2D eigenvalue weighted by Gasteiger charge is 2.45. The van der Waals surface area contributed by atoms with Crippen LogP contribution in [0.15, 0.2) is 72.8 Å². The maximum Gasteiger partial charge on any atom is 0.245 e. The number of amides is 4. The Labute approximate surface area is 284 Å². The van der Waals surface area contributed by atoms with Crippen LogP contribution in [0.3, 0.4) is 0 Å². The van der Waals surface area contributed by atoms with Gasteiger partial charge in [-0.1, -0.05) is 79.7 Å². The van der Waals surface area contributed by atoms with Crippen molar-refractivity contribution in [1.29, 1.82) is 0 Å². The number of quaternary nitrogens is 1. The molecule has 0 radical (unpaired) electrons. The first-order valence-electron chi connectivity index (χ1n) is 17.5. The van der Waals surface area contributed by atoms with Crippen molar-refractivity contribution in [3.05, 3.63) is 83.9 Å². The summed E-state index contributed by atoms with van der Waals surface area (Å²) in [6, 6.07) is 23.5. The number of nitrogens with zero attached hydrogens (tertiary/aromatic N) is 2. The molecule has 2 heterocycles. The summed E-state index contributed by atoms with van der Waals surface area (Å²) in [6.45, 7) is 8.10. The molecule has 4 amide bonds. The SMILES string of the molecule is CCNC(=O)[C@]1(Cc2ccccc2)CCCN(C(=O)[C@@H](Cc2ccc3ccccc3c2)NC(=O)C2(C)CCN(C(=O)CC(C)[NH3+])CC2)C1. The van der Waals surface area contributed by atoms with E-state index < -0.39 is 16.9 Å². The molecule has 0 aromatic heterocycles. The van der Waals surface area contributed by atoms with Gasteiger partial charge >= 0.3 is 0 Å². The van der Waals surface area contributed by atoms with Crippen LogP contribution >= 0.6 is 0 Å². The van der Waals surface area contributed by atoms with Crippen LogP contribution < -0.4 is 16.4 Å². The summed E-state index contributed by atoms with van der Waals surface area (Å²) in [5.41, 5.74) is 4.48. The molecule has 0 bridgehead atoms. The van der Waals surface area contributed by atoms with E-state index in [2.05, 4.69) is 40.6 Å². The Morgan fingerprint density at radius 3 is 2.21 bits per heavy atom. The number of carbonyl (C=O) groups excluding carboxylic acids is 4. The van der Waals surface area contributed by atoms with Crippen LogP contribution in [0.4, 0.5) is 0 Å². The van der Waals surface area contributed by atoms with Crippen LogP contribution in [-0.4, -0.2) is 78.2 Å². The second-order valence-electron chi connectivity index (χ2n) is 14.3. The summed E-state index contributed by atoms with van der Waals surface area (Å²) < 4.78 is 0. The van der Waals surface area contributed by atoms with Crippen LogP contribution in [0.1, 0.15) is 64.0 Å². The van der Waals surface area contributed by atoms with Crippen LogP contribution in [0.25, 0.3) is 10.8 Å². The van der Waals surface area contributed by atoms with Crippen molar-refractivity contribution in [3.63, 3.8) is 0 Å². The second kappa shape index (κ2) is 15.3. The summed E-state index contributed by atoms with van der Waals surface area (Å²) in [4.78, 5) is 58.7. The number of likely N-dealkylation sites (tertiary alicyclic amines) is 2. The third-order valence-electron chi connectivity index (χ3n) is 10.2. The van der Waals surface area contributed by atoms with Gasteiger partial charge in [0.2, 0.25) is 23.6 Å². The van der Waals surface area contributed by atoms with E-state index in [1.807, 2.05) is 74.2 Å². The molecule has 256 valence electrons. The molecule has 0 spiro atoms. The van der Waals surface area contributed by atoms with Gasteiger partial charge in [0.15, 0.2) is 0 Å². The van der Waals surface area contributed by atoms with Gasteiger partial charge in [-0.25, -0.2) is 0 Å². The molecule has 48 heavy (non-hydrogen) atoms. The van der Waals surface area contributed by atoms with Crippen LogP contribution in [0.5, 0.6) is 0 Å². The highest BCUT2D eigenvalue weighted by Crippen LogP contribution is 2.36. The lowest BCUT2D eigenvalue weighted by Gasteiger charge is -2.43. The second-order valence-corrected chi connectivity index (χ2v) is 14.3. The minimum Gasteiger partial charge on any atom is -0.356 e. The normalized spacial score (nSPS) is 20.5. The Bertz CT molecular complexity index is 1600. The average Bonchev–Trinajstić information content (AvgIpc) is 3.08. The number of hydrogen-bond acceptors (Lipinski definition) is 4. The Morgan fingerprint density at radius 1 is 0.833 bits per heavy atom.